The maximum Gasteiger partial charge on any atom is 0.121 e. The van der Waals surface area contributed by atoms with Crippen molar-refractivity contribution in [1.82, 2.24) is 5.32 Å². The molecule has 0 spiro atoms. The molecule has 1 saturated heterocycles. The average Bonchev–Trinajstić information content (AvgIpc) is 2.60. The molecule has 0 bridgehead atoms. The van der Waals surface area contributed by atoms with Crippen molar-refractivity contribution in [2.45, 2.75) is 32.0 Å². The van der Waals surface area contributed by atoms with E-state index in [0.717, 1.165) is 42.8 Å². The fraction of sp³-hybridized carbons (Fsp3) is 0.368. The minimum Gasteiger partial charge on any atom is -0.489 e. The van der Waals surface area contributed by atoms with E-state index in [4.69, 9.17) is 9.47 Å². The van der Waals surface area contributed by atoms with Gasteiger partial charge in [-0.15, -0.1) is 0 Å². The molecule has 1 aliphatic rings. The molecule has 4 heteroatoms. The number of benzene rings is 2. The summed E-state index contributed by atoms with van der Waals surface area (Å²) >= 11 is 3.58. The van der Waals surface area contributed by atoms with E-state index in [0.29, 0.717) is 12.6 Å². The average molecular weight is 376 g/mol. The van der Waals surface area contributed by atoms with Gasteiger partial charge in [0.05, 0.1) is 0 Å². The van der Waals surface area contributed by atoms with Crippen LogP contribution in [-0.2, 0) is 17.9 Å². The summed E-state index contributed by atoms with van der Waals surface area (Å²) in [5.41, 5.74) is 2.41. The Balaban J connectivity index is 1.57. The predicted molar refractivity (Wildman–Crippen MR) is 95.6 cm³/mol. The van der Waals surface area contributed by atoms with Gasteiger partial charge >= 0.3 is 0 Å². The van der Waals surface area contributed by atoms with Gasteiger partial charge < -0.3 is 14.8 Å². The number of rotatable bonds is 6. The van der Waals surface area contributed by atoms with Gasteiger partial charge in [-0.05, 0) is 42.2 Å². The Morgan fingerprint density at radius 2 is 1.83 bits per heavy atom. The van der Waals surface area contributed by atoms with Gasteiger partial charge in [-0.25, -0.2) is 0 Å². The highest BCUT2D eigenvalue weighted by Gasteiger charge is 2.13. The van der Waals surface area contributed by atoms with Crippen LogP contribution in [0, 0.1) is 0 Å². The standard InChI is InChI=1S/C19H22BrNO2/c20-17-10-16(13-21-18-6-8-22-9-7-18)11-19(12-17)23-14-15-4-2-1-3-5-15/h1-5,10-12,18,21H,6-9,13-14H2. The first kappa shape index (κ1) is 16.5. The van der Waals surface area contributed by atoms with Gasteiger partial charge in [0.2, 0.25) is 0 Å². The van der Waals surface area contributed by atoms with Crippen molar-refractivity contribution in [2.24, 2.45) is 0 Å². The second-order valence-electron chi connectivity index (χ2n) is 5.84. The topological polar surface area (TPSA) is 30.5 Å². The van der Waals surface area contributed by atoms with Crippen molar-refractivity contribution in [3.8, 4) is 5.75 Å². The lowest BCUT2D eigenvalue weighted by Gasteiger charge is -2.23. The van der Waals surface area contributed by atoms with E-state index in [9.17, 15) is 0 Å². The van der Waals surface area contributed by atoms with Crippen LogP contribution in [0.1, 0.15) is 24.0 Å². The molecule has 2 aromatic carbocycles. The van der Waals surface area contributed by atoms with E-state index in [1.807, 2.05) is 24.3 Å². The largest absolute Gasteiger partial charge is 0.489 e. The zero-order valence-electron chi connectivity index (χ0n) is 13.1. The molecule has 0 saturated carbocycles. The van der Waals surface area contributed by atoms with Gasteiger partial charge in [-0.2, -0.15) is 0 Å². The molecule has 0 aliphatic carbocycles. The van der Waals surface area contributed by atoms with Crippen molar-refractivity contribution < 1.29 is 9.47 Å². The van der Waals surface area contributed by atoms with E-state index < -0.39 is 0 Å². The Labute approximate surface area is 146 Å². The third kappa shape index (κ3) is 5.34. The van der Waals surface area contributed by atoms with Crippen LogP contribution in [0.25, 0.3) is 0 Å². The van der Waals surface area contributed by atoms with E-state index >= 15 is 0 Å². The highest BCUT2D eigenvalue weighted by Crippen LogP contribution is 2.23. The summed E-state index contributed by atoms with van der Waals surface area (Å²) in [6, 6.07) is 17.0. The second kappa shape index (κ2) is 8.48. The Morgan fingerprint density at radius 1 is 1.04 bits per heavy atom. The lowest BCUT2D eigenvalue weighted by Crippen LogP contribution is -2.34. The summed E-state index contributed by atoms with van der Waals surface area (Å²) in [5, 5.41) is 3.61. The molecule has 0 radical (unpaired) electrons. The van der Waals surface area contributed by atoms with Gasteiger partial charge in [-0.3, -0.25) is 0 Å². The van der Waals surface area contributed by atoms with Crippen molar-refractivity contribution >= 4 is 15.9 Å². The third-order valence-electron chi connectivity index (χ3n) is 4.00. The van der Waals surface area contributed by atoms with E-state index in [-0.39, 0.29) is 0 Å². The first-order valence-electron chi connectivity index (χ1n) is 8.07. The van der Waals surface area contributed by atoms with Crippen LogP contribution >= 0.6 is 15.9 Å². The normalized spacial score (nSPS) is 15.5. The Hall–Kier alpha value is -1.36. The van der Waals surface area contributed by atoms with Crippen LogP contribution in [-0.4, -0.2) is 19.3 Å². The van der Waals surface area contributed by atoms with Crippen molar-refractivity contribution in [3.05, 3.63) is 64.1 Å². The van der Waals surface area contributed by atoms with Crippen LogP contribution in [0.15, 0.2) is 53.0 Å². The Morgan fingerprint density at radius 3 is 2.61 bits per heavy atom. The summed E-state index contributed by atoms with van der Waals surface area (Å²) in [4.78, 5) is 0. The van der Waals surface area contributed by atoms with Gasteiger partial charge in [0, 0.05) is 30.3 Å². The van der Waals surface area contributed by atoms with E-state index in [1.54, 1.807) is 0 Å². The second-order valence-corrected chi connectivity index (χ2v) is 6.75. The summed E-state index contributed by atoms with van der Waals surface area (Å²) in [5.74, 6) is 0.895. The predicted octanol–water partition coefficient (Wildman–Crippen LogP) is 4.30. The molecule has 3 nitrogen and oxygen atoms in total. The zero-order valence-corrected chi connectivity index (χ0v) is 14.7. The lowest BCUT2D eigenvalue weighted by molar-refractivity contribution is 0.0776. The number of ether oxygens (including phenoxy) is 2. The SMILES string of the molecule is Brc1cc(CNC2CCOCC2)cc(OCc2ccccc2)c1. The molecule has 0 atom stereocenters. The molecule has 1 N–H and O–H groups in total. The summed E-state index contributed by atoms with van der Waals surface area (Å²) in [6.45, 7) is 3.17. The zero-order chi connectivity index (χ0) is 15.9. The Kier molecular flexibility index (Phi) is 6.08. The molecule has 3 rings (SSSR count). The van der Waals surface area contributed by atoms with Crippen molar-refractivity contribution in [1.29, 1.82) is 0 Å². The van der Waals surface area contributed by atoms with Crippen LogP contribution in [0.3, 0.4) is 0 Å². The molecular formula is C19H22BrNO2. The highest BCUT2D eigenvalue weighted by molar-refractivity contribution is 9.10. The summed E-state index contributed by atoms with van der Waals surface area (Å²) < 4.78 is 12.4. The van der Waals surface area contributed by atoms with Crippen molar-refractivity contribution in [3.63, 3.8) is 0 Å². The molecule has 0 aromatic heterocycles. The molecule has 1 aliphatic heterocycles. The summed E-state index contributed by atoms with van der Waals surface area (Å²) in [6.07, 6.45) is 2.18. The van der Waals surface area contributed by atoms with Gasteiger partial charge in [0.25, 0.3) is 0 Å². The number of hydrogen-bond acceptors (Lipinski definition) is 3. The first-order chi connectivity index (χ1) is 11.3. The minimum atomic E-state index is 0.552. The highest BCUT2D eigenvalue weighted by atomic mass is 79.9. The number of hydrogen-bond donors (Lipinski definition) is 1. The molecule has 122 valence electrons. The van der Waals surface area contributed by atoms with Gasteiger partial charge in [0.1, 0.15) is 12.4 Å². The smallest absolute Gasteiger partial charge is 0.121 e. The summed E-state index contributed by atoms with van der Waals surface area (Å²) in [7, 11) is 0. The van der Waals surface area contributed by atoms with E-state index in [2.05, 4.69) is 45.5 Å². The molecule has 1 fully saturated rings. The third-order valence-corrected chi connectivity index (χ3v) is 4.45. The fourth-order valence-corrected chi connectivity index (χ4v) is 3.23. The molecule has 1 heterocycles. The molecule has 0 unspecified atom stereocenters. The number of nitrogens with one attached hydrogen (secondary N) is 1. The van der Waals surface area contributed by atoms with E-state index in [1.165, 1.54) is 11.1 Å². The molecule has 2 aromatic rings. The first-order valence-corrected chi connectivity index (χ1v) is 8.86. The van der Waals surface area contributed by atoms with Gasteiger partial charge in [0.15, 0.2) is 0 Å². The molecule has 0 amide bonds. The lowest BCUT2D eigenvalue weighted by atomic mass is 10.1. The van der Waals surface area contributed by atoms with Gasteiger partial charge in [-0.1, -0.05) is 46.3 Å². The van der Waals surface area contributed by atoms with Crippen molar-refractivity contribution in [2.75, 3.05) is 13.2 Å². The van der Waals surface area contributed by atoms with Crippen LogP contribution < -0.4 is 10.1 Å². The van der Waals surface area contributed by atoms with Crippen LogP contribution in [0.2, 0.25) is 0 Å². The maximum atomic E-state index is 5.93. The maximum absolute atomic E-state index is 5.93. The monoisotopic (exact) mass is 375 g/mol. The Bertz CT molecular complexity index is 612. The fourth-order valence-electron chi connectivity index (χ4n) is 2.71. The number of halogens is 1. The minimum absolute atomic E-state index is 0.552. The van der Waals surface area contributed by atoms with Crippen LogP contribution in [0.4, 0.5) is 0 Å². The molecule has 23 heavy (non-hydrogen) atoms. The quantitative estimate of drug-likeness (QED) is 0.816. The molecular weight excluding hydrogens is 354 g/mol. The van der Waals surface area contributed by atoms with Crippen LogP contribution in [0.5, 0.6) is 5.75 Å².